The van der Waals surface area contributed by atoms with Gasteiger partial charge in [-0.05, 0) is 18.6 Å². The average molecular weight is 181 g/mol. The molecule has 0 fully saturated rings. The fourth-order valence-corrected chi connectivity index (χ4v) is 0.835. The Labute approximate surface area is 75.6 Å². The number of nitrogens with zero attached hydrogens (tertiary/aromatic N) is 1. The first-order chi connectivity index (χ1) is 6.29. The molecule has 1 aromatic rings. The molecule has 1 heterocycles. The molecule has 0 saturated heterocycles. The monoisotopic (exact) mass is 181 g/mol. The second-order valence-corrected chi connectivity index (χ2v) is 2.41. The van der Waals surface area contributed by atoms with Crippen molar-refractivity contribution in [1.82, 2.24) is 5.43 Å². The van der Waals surface area contributed by atoms with Crippen LogP contribution in [0, 0.1) is 0 Å². The van der Waals surface area contributed by atoms with E-state index in [0.29, 0.717) is 6.42 Å². The molecule has 0 aromatic carbocycles. The maximum absolute atomic E-state index is 10.2. The summed E-state index contributed by atoms with van der Waals surface area (Å²) in [5.74, 6) is 0.894. The highest BCUT2D eigenvalue weighted by atomic mass is 16.3. The van der Waals surface area contributed by atoms with Crippen molar-refractivity contribution in [3.8, 4) is 0 Å². The topological polar surface area (TPSA) is 80.6 Å². The van der Waals surface area contributed by atoms with Crippen LogP contribution in [-0.4, -0.2) is 12.2 Å². The number of hydrazone groups is 1. The molecule has 13 heavy (non-hydrogen) atoms. The molecule has 5 heteroatoms. The first-order valence-corrected chi connectivity index (χ1v) is 3.88. The third-order valence-electron chi connectivity index (χ3n) is 1.37. The molecule has 1 aromatic heterocycles. The zero-order chi connectivity index (χ0) is 9.52. The molecular weight excluding hydrogens is 170 g/mol. The van der Waals surface area contributed by atoms with Gasteiger partial charge in [-0.3, -0.25) is 0 Å². The summed E-state index contributed by atoms with van der Waals surface area (Å²) in [6.07, 6.45) is 4.66. The zero-order valence-electron chi connectivity index (χ0n) is 7.06. The highest BCUT2D eigenvalue weighted by Crippen LogP contribution is 2.01. The van der Waals surface area contributed by atoms with Crippen LogP contribution < -0.4 is 11.2 Å². The minimum atomic E-state index is -0.658. The van der Waals surface area contributed by atoms with E-state index in [2.05, 4.69) is 10.5 Å². The number of carbonyl (C=O) groups is 1. The molecule has 0 radical (unpaired) electrons. The van der Waals surface area contributed by atoms with Crippen LogP contribution >= 0.6 is 0 Å². The van der Waals surface area contributed by atoms with Crippen molar-refractivity contribution in [3.05, 3.63) is 24.2 Å². The number of rotatable bonds is 4. The Bertz CT molecular complexity index is 280. The van der Waals surface area contributed by atoms with E-state index in [-0.39, 0.29) is 0 Å². The number of nitrogens with two attached hydrogens (primary N) is 1. The molecule has 5 nitrogen and oxygen atoms in total. The number of nitrogens with one attached hydrogen (secondary N) is 1. The maximum atomic E-state index is 10.2. The van der Waals surface area contributed by atoms with Gasteiger partial charge in [0.05, 0.1) is 6.26 Å². The van der Waals surface area contributed by atoms with Gasteiger partial charge in [0.1, 0.15) is 5.76 Å². The molecule has 0 unspecified atom stereocenters. The quantitative estimate of drug-likeness (QED) is 0.533. The number of carbonyl (C=O) groups excluding carboxylic acids is 1. The van der Waals surface area contributed by atoms with E-state index in [1.165, 1.54) is 0 Å². The molecule has 0 saturated carbocycles. The Morgan fingerprint density at radius 3 is 3.23 bits per heavy atom. The molecule has 0 spiro atoms. The number of amides is 2. The highest BCUT2D eigenvalue weighted by molar-refractivity contribution is 5.72. The van der Waals surface area contributed by atoms with Crippen LogP contribution in [0.25, 0.3) is 0 Å². The van der Waals surface area contributed by atoms with Crippen LogP contribution in [-0.2, 0) is 6.42 Å². The predicted octanol–water partition coefficient (Wildman–Crippen LogP) is 0.866. The lowest BCUT2D eigenvalue weighted by atomic mass is 10.3. The summed E-state index contributed by atoms with van der Waals surface area (Å²) >= 11 is 0. The largest absolute Gasteiger partial charge is 0.469 e. The van der Waals surface area contributed by atoms with Crippen LogP contribution in [0.1, 0.15) is 12.2 Å². The molecule has 0 bridgehead atoms. The number of urea groups is 1. The summed E-state index contributed by atoms with van der Waals surface area (Å²) in [6.45, 7) is 0. The zero-order valence-corrected chi connectivity index (χ0v) is 7.06. The summed E-state index contributed by atoms with van der Waals surface area (Å²) in [6, 6.07) is 3.05. The number of furan rings is 1. The van der Waals surface area contributed by atoms with Crippen molar-refractivity contribution >= 4 is 12.2 Å². The van der Waals surface area contributed by atoms with Crippen molar-refractivity contribution in [2.45, 2.75) is 12.8 Å². The van der Waals surface area contributed by atoms with Crippen LogP contribution in [0.15, 0.2) is 27.9 Å². The lowest BCUT2D eigenvalue weighted by molar-refractivity contribution is 0.249. The third-order valence-corrected chi connectivity index (χ3v) is 1.37. The molecule has 70 valence electrons. The number of hydrogen-bond acceptors (Lipinski definition) is 3. The van der Waals surface area contributed by atoms with E-state index in [1.54, 1.807) is 12.5 Å². The van der Waals surface area contributed by atoms with Crippen molar-refractivity contribution in [2.24, 2.45) is 10.8 Å². The Morgan fingerprint density at radius 1 is 1.77 bits per heavy atom. The fraction of sp³-hybridized carbons (Fsp3) is 0.250. The normalized spacial score (nSPS) is 10.5. The Balaban J connectivity index is 2.14. The van der Waals surface area contributed by atoms with Crippen molar-refractivity contribution in [1.29, 1.82) is 0 Å². The van der Waals surface area contributed by atoms with E-state index in [9.17, 15) is 4.79 Å². The third kappa shape index (κ3) is 3.95. The summed E-state index contributed by atoms with van der Waals surface area (Å²) in [5.41, 5.74) is 6.89. The van der Waals surface area contributed by atoms with Gasteiger partial charge in [-0.25, -0.2) is 10.2 Å². The summed E-state index contributed by atoms with van der Waals surface area (Å²) < 4.78 is 5.09. The maximum Gasteiger partial charge on any atom is 0.332 e. The number of primary amides is 1. The molecule has 0 aliphatic carbocycles. The molecule has 0 atom stereocenters. The minimum Gasteiger partial charge on any atom is -0.469 e. The van der Waals surface area contributed by atoms with Crippen molar-refractivity contribution < 1.29 is 9.21 Å². The number of aryl methyl sites for hydroxylation is 1. The lowest BCUT2D eigenvalue weighted by Gasteiger charge is -1.91. The van der Waals surface area contributed by atoms with E-state index >= 15 is 0 Å². The van der Waals surface area contributed by atoms with Gasteiger partial charge in [-0.2, -0.15) is 5.10 Å². The average Bonchev–Trinajstić information content (AvgIpc) is 2.55. The van der Waals surface area contributed by atoms with E-state index in [0.717, 1.165) is 12.2 Å². The lowest BCUT2D eigenvalue weighted by Crippen LogP contribution is -2.24. The smallest absolute Gasteiger partial charge is 0.332 e. The van der Waals surface area contributed by atoms with Gasteiger partial charge < -0.3 is 10.2 Å². The second-order valence-electron chi connectivity index (χ2n) is 2.41. The first kappa shape index (κ1) is 9.31. The van der Waals surface area contributed by atoms with Gasteiger partial charge in [-0.1, -0.05) is 0 Å². The Hall–Kier alpha value is -1.78. The summed E-state index contributed by atoms with van der Waals surface area (Å²) in [4.78, 5) is 10.2. The van der Waals surface area contributed by atoms with Crippen LogP contribution in [0.4, 0.5) is 4.79 Å². The number of hydrogen-bond donors (Lipinski definition) is 2. The molecule has 2 amide bonds. The molecule has 3 N–H and O–H groups in total. The van der Waals surface area contributed by atoms with Crippen LogP contribution in [0.5, 0.6) is 0 Å². The van der Waals surface area contributed by atoms with Gasteiger partial charge in [-0.15, -0.1) is 0 Å². The standard InChI is InChI=1S/C8H11N3O2/c9-8(12)11-10-5-1-3-7-4-2-6-13-7/h2,4-6H,1,3H2,(H3,9,11,12). The van der Waals surface area contributed by atoms with E-state index < -0.39 is 6.03 Å². The Morgan fingerprint density at radius 2 is 2.62 bits per heavy atom. The molecular formula is C8H11N3O2. The van der Waals surface area contributed by atoms with Gasteiger partial charge in [0.25, 0.3) is 0 Å². The summed E-state index contributed by atoms with van der Waals surface area (Å²) in [5, 5.41) is 3.58. The van der Waals surface area contributed by atoms with E-state index in [1.807, 2.05) is 12.1 Å². The predicted molar refractivity (Wildman–Crippen MR) is 48.2 cm³/mol. The molecule has 0 aliphatic heterocycles. The van der Waals surface area contributed by atoms with Crippen LogP contribution in [0.3, 0.4) is 0 Å². The second kappa shape index (κ2) is 4.97. The molecule has 1 rings (SSSR count). The van der Waals surface area contributed by atoms with Gasteiger partial charge in [0.2, 0.25) is 0 Å². The summed E-state index contributed by atoms with van der Waals surface area (Å²) in [7, 11) is 0. The Kier molecular flexibility index (Phi) is 3.56. The minimum absolute atomic E-state index is 0.658. The molecule has 0 aliphatic rings. The SMILES string of the molecule is NC(=O)NN=CCCc1ccco1. The van der Waals surface area contributed by atoms with Crippen molar-refractivity contribution in [3.63, 3.8) is 0 Å². The van der Waals surface area contributed by atoms with Gasteiger partial charge >= 0.3 is 6.03 Å². The van der Waals surface area contributed by atoms with Crippen molar-refractivity contribution in [2.75, 3.05) is 0 Å². The van der Waals surface area contributed by atoms with Crippen LogP contribution in [0.2, 0.25) is 0 Å². The first-order valence-electron chi connectivity index (χ1n) is 3.88. The van der Waals surface area contributed by atoms with E-state index in [4.69, 9.17) is 10.2 Å². The fourth-order valence-electron chi connectivity index (χ4n) is 0.835. The van der Waals surface area contributed by atoms with Gasteiger partial charge in [0.15, 0.2) is 0 Å². The van der Waals surface area contributed by atoms with Gasteiger partial charge in [0, 0.05) is 12.6 Å². The highest BCUT2D eigenvalue weighted by Gasteiger charge is 1.92.